The van der Waals surface area contributed by atoms with Gasteiger partial charge in [0.1, 0.15) is 0 Å². The predicted octanol–water partition coefficient (Wildman–Crippen LogP) is 3.04. The second-order valence-electron chi connectivity index (χ2n) is 5.08. The van der Waals surface area contributed by atoms with Crippen LogP contribution in [0.1, 0.15) is 16.0 Å². The van der Waals surface area contributed by atoms with Crippen LogP contribution in [-0.4, -0.2) is 19.3 Å². The van der Waals surface area contributed by atoms with E-state index in [9.17, 15) is 8.42 Å². The molecule has 0 amide bonds. The molecule has 7 heteroatoms. The molecule has 1 aliphatic rings. The lowest BCUT2D eigenvalue weighted by Gasteiger charge is -2.27. The molecule has 1 aromatic carbocycles. The van der Waals surface area contributed by atoms with Gasteiger partial charge in [0.2, 0.25) is 10.0 Å². The SMILES string of the molecule is Cc1c(N)cc(Cl)cc1S(=O)(=O)N1CCc2sccc2C1. The molecule has 2 N–H and O–H groups in total. The number of nitrogen functional groups attached to an aromatic ring is 1. The molecule has 0 atom stereocenters. The topological polar surface area (TPSA) is 63.4 Å². The number of sulfonamides is 1. The van der Waals surface area contributed by atoms with E-state index >= 15 is 0 Å². The molecule has 0 fully saturated rings. The number of benzene rings is 1. The molecule has 1 aliphatic heterocycles. The molecule has 2 aromatic rings. The highest BCUT2D eigenvalue weighted by atomic mass is 35.5. The maximum atomic E-state index is 12.9. The molecule has 3 rings (SSSR count). The maximum Gasteiger partial charge on any atom is 0.243 e. The summed E-state index contributed by atoms with van der Waals surface area (Å²) in [5.41, 5.74) is 7.88. The van der Waals surface area contributed by atoms with Gasteiger partial charge in [0, 0.05) is 28.7 Å². The van der Waals surface area contributed by atoms with E-state index in [2.05, 4.69) is 0 Å². The normalized spacial score (nSPS) is 15.9. The Balaban J connectivity index is 2.03. The Morgan fingerprint density at radius 2 is 2.14 bits per heavy atom. The maximum absolute atomic E-state index is 12.9. The summed E-state index contributed by atoms with van der Waals surface area (Å²) in [7, 11) is -3.58. The Bertz CT molecular complexity index is 799. The van der Waals surface area contributed by atoms with Crippen LogP contribution in [0.25, 0.3) is 0 Å². The summed E-state index contributed by atoms with van der Waals surface area (Å²) >= 11 is 7.65. The van der Waals surface area contributed by atoms with Gasteiger partial charge in [0.25, 0.3) is 0 Å². The quantitative estimate of drug-likeness (QED) is 0.853. The third-order valence-corrected chi connectivity index (χ3v) is 6.97. The van der Waals surface area contributed by atoms with E-state index in [1.807, 2.05) is 11.4 Å². The Hall–Kier alpha value is -1.08. The van der Waals surface area contributed by atoms with Crippen LogP contribution < -0.4 is 5.73 Å². The van der Waals surface area contributed by atoms with Gasteiger partial charge in [-0.25, -0.2) is 8.42 Å². The van der Waals surface area contributed by atoms with Crippen LogP contribution in [-0.2, 0) is 23.0 Å². The van der Waals surface area contributed by atoms with Gasteiger partial charge in [-0.05, 0) is 48.1 Å². The number of nitrogens with zero attached hydrogens (tertiary/aromatic N) is 1. The Morgan fingerprint density at radius 3 is 2.90 bits per heavy atom. The molecule has 0 saturated heterocycles. The van der Waals surface area contributed by atoms with E-state index in [0.717, 1.165) is 12.0 Å². The van der Waals surface area contributed by atoms with Crippen molar-refractivity contribution in [2.75, 3.05) is 12.3 Å². The van der Waals surface area contributed by atoms with Crippen molar-refractivity contribution in [2.24, 2.45) is 0 Å². The van der Waals surface area contributed by atoms with E-state index in [1.54, 1.807) is 24.3 Å². The molecule has 0 bridgehead atoms. The van der Waals surface area contributed by atoms with E-state index in [4.69, 9.17) is 17.3 Å². The summed E-state index contributed by atoms with van der Waals surface area (Å²) in [6.45, 7) is 2.60. The monoisotopic (exact) mass is 342 g/mol. The van der Waals surface area contributed by atoms with Crippen molar-refractivity contribution in [3.05, 3.63) is 44.6 Å². The van der Waals surface area contributed by atoms with Crippen molar-refractivity contribution < 1.29 is 8.42 Å². The fraction of sp³-hybridized carbons (Fsp3) is 0.286. The molecule has 1 aromatic heterocycles. The summed E-state index contributed by atoms with van der Waals surface area (Å²) in [5.74, 6) is 0. The van der Waals surface area contributed by atoms with Gasteiger partial charge in [-0.1, -0.05) is 11.6 Å². The minimum absolute atomic E-state index is 0.200. The molecule has 2 heterocycles. The average molecular weight is 343 g/mol. The Kier molecular flexibility index (Phi) is 3.73. The largest absolute Gasteiger partial charge is 0.398 e. The molecule has 0 spiro atoms. The molecule has 0 saturated carbocycles. The highest BCUT2D eigenvalue weighted by Crippen LogP contribution is 2.32. The minimum Gasteiger partial charge on any atom is -0.398 e. The lowest BCUT2D eigenvalue weighted by molar-refractivity contribution is 0.394. The Morgan fingerprint density at radius 1 is 1.38 bits per heavy atom. The fourth-order valence-corrected chi connectivity index (χ4v) is 5.39. The highest BCUT2D eigenvalue weighted by Gasteiger charge is 2.30. The summed E-state index contributed by atoms with van der Waals surface area (Å²) < 4.78 is 27.2. The van der Waals surface area contributed by atoms with Crippen molar-refractivity contribution in [3.8, 4) is 0 Å². The molecule has 0 aliphatic carbocycles. The third kappa shape index (κ3) is 2.57. The number of anilines is 1. The van der Waals surface area contributed by atoms with Crippen LogP contribution in [0, 0.1) is 6.92 Å². The van der Waals surface area contributed by atoms with Crippen molar-refractivity contribution in [1.29, 1.82) is 0 Å². The zero-order valence-electron chi connectivity index (χ0n) is 11.5. The molecule has 0 radical (unpaired) electrons. The summed E-state index contributed by atoms with van der Waals surface area (Å²) in [6.07, 6.45) is 0.751. The first-order valence-corrected chi connectivity index (χ1v) is 9.20. The summed E-state index contributed by atoms with van der Waals surface area (Å²) in [6, 6.07) is 5.04. The van der Waals surface area contributed by atoms with Gasteiger partial charge in [-0.15, -0.1) is 11.3 Å². The standard InChI is InChI=1S/C14H15ClN2O2S2/c1-9-12(16)6-11(15)7-14(9)21(18,19)17-4-2-13-10(8-17)3-5-20-13/h3,5-7H,2,4,8,16H2,1H3. The number of hydrogen-bond acceptors (Lipinski definition) is 4. The lowest BCUT2D eigenvalue weighted by Crippen LogP contribution is -2.35. The predicted molar refractivity (Wildman–Crippen MR) is 86.2 cm³/mol. The van der Waals surface area contributed by atoms with E-state index in [-0.39, 0.29) is 4.90 Å². The second-order valence-corrected chi connectivity index (χ2v) is 8.42. The van der Waals surface area contributed by atoms with Crippen LogP contribution in [0.15, 0.2) is 28.5 Å². The number of rotatable bonds is 2. The first-order chi connectivity index (χ1) is 9.89. The molecular weight excluding hydrogens is 328 g/mol. The van der Waals surface area contributed by atoms with Gasteiger partial charge in [-0.2, -0.15) is 4.31 Å². The first-order valence-electron chi connectivity index (χ1n) is 6.50. The second kappa shape index (κ2) is 5.28. The summed E-state index contributed by atoms with van der Waals surface area (Å²) in [4.78, 5) is 1.47. The van der Waals surface area contributed by atoms with Crippen LogP contribution in [0.4, 0.5) is 5.69 Å². The number of fused-ring (bicyclic) bond motifs is 1. The zero-order chi connectivity index (χ0) is 15.2. The number of nitrogens with two attached hydrogens (primary N) is 1. The van der Waals surface area contributed by atoms with Crippen molar-refractivity contribution in [2.45, 2.75) is 24.8 Å². The van der Waals surface area contributed by atoms with Gasteiger partial charge in [0.05, 0.1) is 4.90 Å². The molecule has 112 valence electrons. The van der Waals surface area contributed by atoms with Crippen LogP contribution in [0.3, 0.4) is 0 Å². The van der Waals surface area contributed by atoms with Crippen molar-refractivity contribution in [3.63, 3.8) is 0 Å². The molecule has 0 unspecified atom stereocenters. The van der Waals surface area contributed by atoms with Crippen LogP contribution in [0.5, 0.6) is 0 Å². The minimum atomic E-state index is -3.58. The van der Waals surface area contributed by atoms with Crippen LogP contribution >= 0.6 is 22.9 Å². The average Bonchev–Trinajstić information content (AvgIpc) is 2.89. The van der Waals surface area contributed by atoms with Crippen LogP contribution in [0.2, 0.25) is 5.02 Å². The van der Waals surface area contributed by atoms with Crippen molar-refractivity contribution in [1.82, 2.24) is 4.31 Å². The third-order valence-electron chi connectivity index (χ3n) is 3.76. The molecule has 21 heavy (non-hydrogen) atoms. The van der Waals surface area contributed by atoms with E-state index in [0.29, 0.717) is 29.4 Å². The van der Waals surface area contributed by atoms with Gasteiger partial charge in [-0.3, -0.25) is 0 Å². The summed E-state index contributed by atoms with van der Waals surface area (Å²) in [5, 5.41) is 2.34. The van der Waals surface area contributed by atoms with Gasteiger partial charge in [0.15, 0.2) is 0 Å². The van der Waals surface area contributed by atoms with Gasteiger partial charge >= 0.3 is 0 Å². The lowest BCUT2D eigenvalue weighted by atomic mass is 10.1. The number of halogens is 1. The highest BCUT2D eigenvalue weighted by molar-refractivity contribution is 7.89. The first kappa shape index (κ1) is 14.8. The Labute approximate surface area is 133 Å². The van der Waals surface area contributed by atoms with E-state index in [1.165, 1.54) is 15.2 Å². The fourth-order valence-electron chi connectivity index (χ4n) is 2.51. The van der Waals surface area contributed by atoms with Gasteiger partial charge < -0.3 is 5.73 Å². The van der Waals surface area contributed by atoms with Crippen molar-refractivity contribution >= 4 is 38.6 Å². The van der Waals surface area contributed by atoms with E-state index < -0.39 is 10.0 Å². The molecular formula is C14H15ClN2O2S2. The number of hydrogen-bond donors (Lipinski definition) is 1. The molecule has 4 nitrogen and oxygen atoms in total. The zero-order valence-corrected chi connectivity index (χ0v) is 13.9. The number of thiophene rings is 1. The smallest absolute Gasteiger partial charge is 0.243 e.